The Labute approximate surface area is 125 Å². The topological polar surface area (TPSA) is 59.8 Å². The second-order valence-corrected chi connectivity index (χ2v) is 5.14. The maximum absolute atomic E-state index is 12.0. The van der Waals surface area contributed by atoms with Gasteiger partial charge in [0.15, 0.2) is 5.82 Å². The summed E-state index contributed by atoms with van der Waals surface area (Å²) in [5, 5.41) is 8.91. The van der Waals surface area contributed by atoms with Gasteiger partial charge in [0.1, 0.15) is 0 Å². The molecule has 3 aromatic heterocycles. The number of anilines is 1. The van der Waals surface area contributed by atoms with Crippen LogP contribution in [-0.4, -0.2) is 20.7 Å². The predicted octanol–water partition coefficient (Wildman–Crippen LogP) is 2.98. The Morgan fingerprint density at radius 2 is 2.19 bits per heavy atom. The third-order valence-electron chi connectivity index (χ3n) is 2.71. The van der Waals surface area contributed by atoms with E-state index in [0.29, 0.717) is 11.5 Å². The van der Waals surface area contributed by atoms with Crippen molar-refractivity contribution in [2.45, 2.75) is 0 Å². The van der Waals surface area contributed by atoms with Crippen LogP contribution in [0.2, 0.25) is 0 Å². The molecule has 3 heterocycles. The van der Waals surface area contributed by atoms with Gasteiger partial charge in [-0.2, -0.15) is 5.10 Å². The van der Waals surface area contributed by atoms with E-state index in [4.69, 9.17) is 0 Å². The summed E-state index contributed by atoms with van der Waals surface area (Å²) in [7, 11) is 0. The number of nitrogens with zero attached hydrogens (tertiary/aromatic N) is 3. The molecule has 0 saturated carbocycles. The molecule has 0 aliphatic heterocycles. The fourth-order valence-corrected chi connectivity index (χ4v) is 2.41. The van der Waals surface area contributed by atoms with Crippen LogP contribution in [0.1, 0.15) is 4.88 Å². The zero-order chi connectivity index (χ0) is 14.5. The van der Waals surface area contributed by atoms with Crippen LogP contribution in [0.4, 0.5) is 5.69 Å². The molecule has 0 bridgehead atoms. The molecular formula is C15H12N4OS. The van der Waals surface area contributed by atoms with Crippen LogP contribution in [0.5, 0.6) is 0 Å². The van der Waals surface area contributed by atoms with Crippen molar-refractivity contribution in [1.82, 2.24) is 14.8 Å². The van der Waals surface area contributed by atoms with Gasteiger partial charge in [0, 0.05) is 29.5 Å². The highest BCUT2D eigenvalue weighted by molar-refractivity contribution is 7.10. The van der Waals surface area contributed by atoms with Crippen molar-refractivity contribution in [3.8, 4) is 5.82 Å². The summed E-state index contributed by atoms with van der Waals surface area (Å²) in [6.07, 6.45) is 8.39. The van der Waals surface area contributed by atoms with E-state index >= 15 is 0 Å². The van der Waals surface area contributed by atoms with Gasteiger partial charge in [-0.3, -0.25) is 4.79 Å². The van der Waals surface area contributed by atoms with Crippen molar-refractivity contribution in [2.24, 2.45) is 0 Å². The molecule has 0 saturated heterocycles. The summed E-state index contributed by atoms with van der Waals surface area (Å²) < 4.78 is 1.61. The van der Waals surface area contributed by atoms with Crippen LogP contribution in [0.25, 0.3) is 11.9 Å². The number of carbonyl (C=O) groups excluding carboxylic acids is 1. The SMILES string of the molecule is O=C(/C=C/c1cccs1)Nc1cccnc1-n1cccn1. The van der Waals surface area contributed by atoms with E-state index < -0.39 is 0 Å². The summed E-state index contributed by atoms with van der Waals surface area (Å²) in [6.45, 7) is 0. The van der Waals surface area contributed by atoms with Crippen LogP contribution in [0, 0.1) is 0 Å². The first kappa shape index (κ1) is 13.3. The summed E-state index contributed by atoms with van der Waals surface area (Å²) in [5.74, 6) is 0.380. The molecule has 21 heavy (non-hydrogen) atoms. The molecule has 3 rings (SSSR count). The number of nitrogens with one attached hydrogen (secondary N) is 1. The minimum absolute atomic E-state index is 0.204. The van der Waals surface area contributed by atoms with Gasteiger partial charge in [0.05, 0.1) is 5.69 Å². The minimum Gasteiger partial charge on any atom is -0.319 e. The molecule has 3 aromatic rings. The first-order valence-electron chi connectivity index (χ1n) is 6.30. The van der Waals surface area contributed by atoms with Crippen LogP contribution in [-0.2, 0) is 4.79 Å². The molecule has 1 N–H and O–H groups in total. The average molecular weight is 296 g/mol. The summed E-state index contributed by atoms with van der Waals surface area (Å²) in [6, 6.07) is 9.26. The van der Waals surface area contributed by atoms with Crippen LogP contribution >= 0.6 is 11.3 Å². The average Bonchev–Trinajstić information content (AvgIpc) is 3.19. The lowest BCUT2D eigenvalue weighted by molar-refractivity contribution is -0.111. The number of hydrogen-bond acceptors (Lipinski definition) is 4. The Hall–Kier alpha value is -2.73. The van der Waals surface area contributed by atoms with E-state index in [0.717, 1.165) is 4.88 Å². The fraction of sp³-hybridized carbons (Fsp3) is 0. The van der Waals surface area contributed by atoms with Crippen molar-refractivity contribution in [3.63, 3.8) is 0 Å². The third-order valence-corrected chi connectivity index (χ3v) is 3.55. The van der Waals surface area contributed by atoms with Gasteiger partial charge in [-0.05, 0) is 35.7 Å². The number of rotatable bonds is 4. The zero-order valence-corrected chi connectivity index (χ0v) is 11.8. The quantitative estimate of drug-likeness (QED) is 0.753. The van der Waals surface area contributed by atoms with Crippen LogP contribution < -0.4 is 5.32 Å². The Morgan fingerprint density at radius 3 is 2.95 bits per heavy atom. The van der Waals surface area contributed by atoms with Gasteiger partial charge in [0.25, 0.3) is 0 Å². The molecular weight excluding hydrogens is 284 g/mol. The smallest absolute Gasteiger partial charge is 0.248 e. The maximum atomic E-state index is 12.0. The lowest BCUT2D eigenvalue weighted by Gasteiger charge is -2.08. The van der Waals surface area contributed by atoms with Gasteiger partial charge in [0.2, 0.25) is 5.91 Å². The van der Waals surface area contributed by atoms with Gasteiger partial charge in [-0.1, -0.05) is 6.07 Å². The molecule has 104 valence electrons. The van der Waals surface area contributed by atoms with Crippen molar-refractivity contribution in [1.29, 1.82) is 0 Å². The third kappa shape index (κ3) is 3.24. The molecule has 0 aromatic carbocycles. The van der Waals surface area contributed by atoms with Gasteiger partial charge in [-0.25, -0.2) is 9.67 Å². The lowest BCUT2D eigenvalue weighted by Crippen LogP contribution is -2.11. The number of hydrogen-bond donors (Lipinski definition) is 1. The molecule has 0 aliphatic rings. The first-order chi connectivity index (χ1) is 10.3. The van der Waals surface area contributed by atoms with Gasteiger partial charge < -0.3 is 5.32 Å². The molecule has 0 radical (unpaired) electrons. The molecule has 0 unspecified atom stereocenters. The molecule has 0 atom stereocenters. The maximum Gasteiger partial charge on any atom is 0.248 e. The number of amides is 1. The highest BCUT2D eigenvalue weighted by atomic mass is 32.1. The van der Waals surface area contributed by atoms with Gasteiger partial charge >= 0.3 is 0 Å². The Bertz CT molecular complexity index is 748. The number of thiophene rings is 1. The summed E-state index contributed by atoms with van der Waals surface area (Å²) in [4.78, 5) is 17.3. The van der Waals surface area contributed by atoms with E-state index in [1.54, 1.807) is 58.9 Å². The highest BCUT2D eigenvalue weighted by Crippen LogP contribution is 2.16. The second-order valence-electron chi connectivity index (χ2n) is 4.16. The highest BCUT2D eigenvalue weighted by Gasteiger charge is 2.07. The second kappa shape index (κ2) is 6.15. The Kier molecular flexibility index (Phi) is 3.88. The van der Waals surface area contributed by atoms with Crippen molar-refractivity contribution in [3.05, 3.63) is 65.3 Å². The number of aromatic nitrogens is 3. The molecule has 0 fully saturated rings. The minimum atomic E-state index is -0.204. The van der Waals surface area contributed by atoms with Crippen LogP contribution in [0.15, 0.2) is 60.4 Å². The van der Waals surface area contributed by atoms with Crippen molar-refractivity contribution in [2.75, 3.05) is 5.32 Å². The van der Waals surface area contributed by atoms with Crippen molar-refractivity contribution < 1.29 is 4.79 Å². The van der Waals surface area contributed by atoms with Crippen molar-refractivity contribution >= 4 is 29.0 Å². The predicted molar refractivity (Wildman–Crippen MR) is 83.3 cm³/mol. The number of pyridine rings is 1. The van der Waals surface area contributed by atoms with E-state index in [9.17, 15) is 4.79 Å². The Balaban J connectivity index is 1.77. The molecule has 0 spiro atoms. The number of carbonyl (C=O) groups is 1. The molecule has 5 nitrogen and oxygen atoms in total. The monoisotopic (exact) mass is 296 g/mol. The van der Waals surface area contributed by atoms with E-state index in [2.05, 4.69) is 15.4 Å². The summed E-state index contributed by atoms with van der Waals surface area (Å²) >= 11 is 1.58. The molecule has 1 amide bonds. The normalized spacial score (nSPS) is 10.9. The summed E-state index contributed by atoms with van der Waals surface area (Å²) in [5.41, 5.74) is 0.613. The molecule has 0 aliphatic carbocycles. The first-order valence-corrected chi connectivity index (χ1v) is 7.18. The van der Waals surface area contributed by atoms with Crippen LogP contribution in [0.3, 0.4) is 0 Å². The Morgan fingerprint density at radius 1 is 1.24 bits per heavy atom. The van der Waals surface area contributed by atoms with E-state index in [1.807, 2.05) is 17.5 Å². The molecule has 6 heteroatoms. The standard InChI is InChI=1S/C15H12N4OS/c20-14(7-6-12-4-2-11-21-12)18-13-5-1-8-16-15(13)19-10-3-9-17-19/h1-11H,(H,18,20)/b7-6+. The fourth-order valence-electron chi connectivity index (χ4n) is 1.79. The van der Waals surface area contributed by atoms with Gasteiger partial charge in [-0.15, -0.1) is 11.3 Å². The largest absolute Gasteiger partial charge is 0.319 e. The van der Waals surface area contributed by atoms with E-state index in [-0.39, 0.29) is 5.91 Å². The van der Waals surface area contributed by atoms with E-state index in [1.165, 1.54) is 6.08 Å². The lowest BCUT2D eigenvalue weighted by atomic mass is 10.3. The zero-order valence-electron chi connectivity index (χ0n) is 11.0.